The number of fused-ring (bicyclic) bond motifs is 3. The van der Waals surface area contributed by atoms with Crippen LogP contribution < -0.4 is 20.3 Å². The van der Waals surface area contributed by atoms with Gasteiger partial charge in [0, 0.05) is 93.4 Å². The van der Waals surface area contributed by atoms with Crippen LogP contribution in [0.4, 0.5) is 11.4 Å². The molecule has 1 atom stereocenters. The molecule has 2 N–H and O–H groups in total. The van der Waals surface area contributed by atoms with Crippen LogP contribution in [-0.2, 0) is 22.7 Å². The first-order valence-corrected chi connectivity index (χ1v) is 19.1. The Morgan fingerprint density at radius 3 is 2.51 bits per heavy atom. The zero-order valence-electron chi connectivity index (χ0n) is 30.9. The predicted octanol–water partition coefficient (Wildman–Crippen LogP) is 3.09. The van der Waals surface area contributed by atoms with Crippen molar-refractivity contribution in [1.29, 1.82) is 0 Å². The van der Waals surface area contributed by atoms with Crippen LogP contribution in [-0.4, -0.2) is 110 Å². The topological polar surface area (TPSA) is 162 Å². The number of carbonyl (C=O) groups excluding carboxylic acids is 5. The Balaban J connectivity index is 0.787. The minimum absolute atomic E-state index is 0.00216. The lowest BCUT2D eigenvalue weighted by Crippen LogP contribution is -2.53. The average Bonchev–Trinajstić information content (AvgIpc) is 3.83. The van der Waals surface area contributed by atoms with Crippen LogP contribution in [0.2, 0.25) is 0 Å². The molecule has 15 nitrogen and oxygen atoms in total. The van der Waals surface area contributed by atoms with Crippen molar-refractivity contribution in [3.05, 3.63) is 82.8 Å². The molecule has 3 fully saturated rings. The number of nitrogens with zero attached hydrogens (tertiary/aromatic N) is 7. The van der Waals surface area contributed by atoms with Gasteiger partial charge < -0.3 is 29.7 Å². The number of hydrogen-bond acceptors (Lipinski definition) is 10. The van der Waals surface area contributed by atoms with E-state index in [1.165, 1.54) is 6.20 Å². The highest BCUT2D eigenvalue weighted by molar-refractivity contribution is 6.09. The molecule has 7 heterocycles. The number of benzene rings is 2. The highest BCUT2D eigenvalue weighted by atomic mass is 16.5. The van der Waals surface area contributed by atoms with Gasteiger partial charge in [-0.2, -0.15) is 5.10 Å². The molecule has 3 saturated heterocycles. The molecule has 1 unspecified atom stereocenters. The second-order valence-electron chi connectivity index (χ2n) is 15.5. The number of hydrogen-bond donors (Lipinski definition) is 2. The monoisotopic (exact) mass is 745 g/mol. The van der Waals surface area contributed by atoms with Crippen molar-refractivity contribution in [3.63, 3.8) is 0 Å². The molecule has 0 radical (unpaired) electrons. The molecular weight excluding hydrogens is 702 g/mol. The molecule has 55 heavy (non-hydrogen) atoms. The van der Waals surface area contributed by atoms with Gasteiger partial charge in [0.05, 0.1) is 18.0 Å². The van der Waals surface area contributed by atoms with Gasteiger partial charge in [0.1, 0.15) is 17.4 Å². The fourth-order valence-electron chi connectivity index (χ4n) is 8.72. The zero-order valence-corrected chi connectivity index (χ0v) is 30.9. The Labute approximate surface area is 317 Å². The fourth-order valence-corrected chi connectivity index (χ4v) is 8.72. The maximum Gasteiger partial charge on any atom is 0.261 e. The van der Waals surface area contributed by atoms with E-state index in [-0.39, 0.29) is 42.2 Å². The summed E-state index contributed by atoms with van der Waals surface area (Å²) in [6.07, 6.45) is 7.05. The van der Waals surface area contributed by atoms with Gasteiger partial charge in [0.2, 0.25) is 11.8 Å². The summed E-state index contributed by atoms with van der Waals surface area (Å²) in [5.41, 5.74) is 5.41. The third-order valence-electron chi connectivity index (χ3n) is 11.5. The van der Waals surface area contributed by atoms with Gasteiger partial charge in [-0.3, -0.25) is 29.3 Å². The summed E-state index contributed by atoms with van der Waals surface area (Å²) in [6.45, 7) is 9.35. The van der Waals surface area contributed by atoms with E-state index < -0.39 is 11.9 Å². The Morgan fingerprint density at radius 1 is 0.964 bits per heavy atom. The molecule has 5 aliphatic rings. The Hall–Kier alpha value is -5.83. The molecule has 5 aliphatic heterocycles. The molecule has 0 aliphatic carbocycles. The van der Waals surface area contributed by atoms with E-state index in [1.54, 1.807) is 33.9 Å². The lowest BCUT2D eigenvalue weighted by Gasteiger charge is -2.45. The SMILES string of the molecule is CC(C)Oc1cc2c(cc1NC(=O)c1cnn3cccnc13)CN(C1CCN(CC3CN(c4ccc5c(c4)CN(C4CCC(=O)NC4=O)C5=O)C3)CC1)C2=O. The van der Waals surface area contributed by atoms with E-state index in [1.807, 2.05) is 36.9 Å². The number of likely N-dealkylation sites (tertiary alicyclic amines) is 1. The van der Waals surface area contributed by atoms with E-state index in [2.05, 4.69) is 36.6 Å². The number of carbonyl (C=O) groups is 5. The van der Waals surface area contributed by atoms with Crippen molar-refractivity contribution >= 4 is 46.6 Å². The number of rotatable bonds is 9. The van der Waals surface area contributed by atoms with Crippen LogP contribution >= 0.6 is 0 Å². The minimum Gasteiger partial charge on any atom is -0.489 e. The van der Waals surface area contributed by atoms with Crippen molar-refractivity contribution in [2.45, 2.75) is 70.8 Å². The van der Waals surface area contributed by atoms with E-state index in [0.717, 1.165) is 62.4 Å². The van der Waals surface area contributed by atoms with Gasteiger partial charge in [-0.1, -0.05) is 0 Å². The first kappa shape index (κ1) is 34.9. The first-order valence-electron chi connectivity index (χ1n) is 19.1. The highest BCUT2D eigenvalue weighted by Crippen LogP contribution is 2.38. The van der Waals surface area contributed by atoms with Gasteiger partial charge in [0.15, 0.2) is 5.65 Å². The summed E-state index contributed by atoms with van der Waals surface area (Å²) < 4.78 is 7.65. The predicted molar refractivity (Wildman–Crippen MR) is 201 cm³/mol. The second-order valence-corrected chi connectivity index (χ2v) is 15.5. The van der Waals surface area contributed by atoms with E-state index in [0.29, 0.717) is 59.2 Å². The van der Waals surface area contributed by atoms with Crippen molar-refractivity contribution in [3.8, 4) is 5.75 Å². The Kier molecular flexibility index (Phi) is 8.75. The summed E-state index contributed by atoms with van der Waals surface area (Å²) in [4.78, 5) is 77.0. The van der Waals surface area contributed by atoms with Crippen molar-refractivity contribution in [1.82, 2.24) is 34.6 Å². The van der Waals surface area contributed by atoms with E-state index in [4.69, 9.17) is 4.74 Å². The van der Waals surface area contributed by atoms with Crippen molar-refractivity contribution in [2.24, 2.45) is 5.92 Å². The lowest BCUT2D eigenvalue weighted by atomic mass is 9.95. The van der Waals surface area contributed by atoms with Crippen LogP contribution in [0.1, 0.15) is 81.7 Å². The van der Waals surface area contributed by atoms with Crippen LogP contribution in [0.5, 0.6) is 5.75 Å². The summed E-state index contributed by atoms with van der Waals surface area (Å²) in [7, 11) is 0. The number of aromatic nitrogens is 3. The van der Waals surface area contributed by atoms with Gasteiger partial charge in [0.25, 0.3) is 17.7 Å². The van der Waals surface area contributed by atoms with E-state index in [9.17, 15) is 24.0 Å². The molecule has 0 bridgehead atoms. The largest absolute Gasteiger partial charge is 0.489 e. The van der Waals surface area contributed by atoms with Crippen LogP contribution in [0.25, 0.3) is 5.65 Å². The zero-order chi connectivity index (χ0) is 38.0. The molecule has 9 rings (SSSR count). The van der Waals surface area contributed by atoms with E-state index >= 15 is 0 Å². The standard InChI is InChI=1S/C40H43N9O6/c1-23(2)55-34-16-30-26(15-32(34)43-37(51)31-17-42-49-11-3-10-41-36(31)49)21-47(40(30)54)27-8-12-45(13-9-27)18-24-19-46(20-24)28-4-5-29-25(14-28)22-48(39(29)53)33-6-7-35(50)44-38(33)52/h3-5,10-11,14-17,23-24,27,33H,6-9,12-13,18-22H2,1-2H3,(H,43,51)(H,44,50,52). The molecular formula is C40H43N9O6. The number of imide groups is 1. The van der Waals surface area contributed by atoms with Gasteiger partial charge in [-0.25, -0.2) is 9.50 Å². The highest BCUT2D eigenvalue weighted by Gasteiger charge is 2.40. The minimum atomic E-state index is -0.615. The third kappa shape index (κ3) is 6.45. The van der Waals surface area contributed by atoms with Crippen LogP contribution in [0, 0.1) is 5.92 Å². The molecule has 2 aromatic carbocycles. The number of piperidine rings is 2. The summed E-state index contributed by atoms with van der Waals surface area (Å²) in [5, 5.41) is 9.59. The second kappa shape index (κ2) is 13.8. The van der Waals surface area contributed by atoms with Crippen molar-refractivity contribution < 1.29 is 28.7 Å². The number of nitrogens with one attached hydrogen (secondary N) is 2. The summed E-state index contributed by atoms with van der Waals surface area (Å²) in [5.74, 6) is -0.225. The summed E-state index contributed by atoms with van der Waals surface area (Å²) >= 11 is 0. The molecule has 0 saturated carbocycles. The maximum atomic E-state index is 13.8. The molecule has 5 amide bonds. The molecule has 2 aromatic heterocycles. The maximum absolute atomic E-state index is 13.8. The average molecular weight is 746 g/mol. The Bertz CT molecular complexity index is 2240. The lowest BCUT2D eigenvalue weighted by molar-refractivity contribution is -0.136. The normalized spacial score (nSPS) is 20.6. The van der Waals surface area contributed by atoms with Crippen LogP contribution in [0.15, 0.2) is 55.0 Å². The summed E-state index contributed by atoms with van der Waals surface area (Å²) in [6, 6.07) is 10.8. The first-order chi connectivity index (χ1) is 26.6. The van der Waals surface area contributed by atoms with Crippen molar-refractivity contribution in [2.75, 3.05) is 42.9 Å². The quantitative estimate of drug-likeness (QED) is 0.244. The molecule has 15 heteroatoms. The molecule has 0 spiro atoms. The van der Waals surface area contributed by atoms with Gasteiger partial charge in [-0.05, 0) is 80.6 Å². The van der Waals surface area contributed by atoms with Crippen LogP contribution in [0.3, 0.4) is 0 Å². The number of amides is 5. The third-order valence-corrected chi connectivity index (χ3v) is 11.5. The number of ether oxygens (including phenoxy) is 1. The Morgan fingerprint density at radius 2 is 1.73 bits per heavy atom. The number of anilines is 2. The molecule has 4 aromatic rings. The van der Waals surface area contributed by atoms with Gasteiger partial charge >= 0.3 is 0 Å². The molecule has 284 valence electrons. The van der Waals surface area contributed by atoms with Gasteiger partial charge in [-0.15, -0.1) is 0 Å². The fraction of sp³-hybridized carbons (Fsp3) is 0.425. The smallest absolute Gasteiger partial charge is 0.261 e.